The molecule has 1 heterocycles. The Morgan fingerprint density at radius 2 is 1.24 bits per heavy atom. The van der Waals surface area contributed by atoms with Crippen LogP contribution in [0.25, 0.3) is 49.4 Å². The molecule has 0 saturated carbocycles. The van der Waals surface area contributed by atoms with Crippen molar-refractivity contribution < 1.29 is 0 Å². The summed E-state index contributed by atoms with van der Waals surface area (Å²) in [5.41, 5.74) is 13.4. The molecule has 158 valence electrons. The first-order chi connectivity index (χ1) is 16.1. The van der Waals surface area contributed by atoms with Gasteiger partial charge in [-0.2, -0.15) is 0 Å². The molecule has 33 heavy (non-hydrogen) atoms. The Balaban J connectivity index is 1.49. The van der Waals surface area contributed by atoms with E-state index in [4.69, 9.17) is 0 Å². The zero-order chi connectivity index (χ0) is 22.3. The first-order valence-corrected chi connectivity index (χ1v) is 11.7. The SMILES string of the molecule is Cc1ccc2c(c1)c1cc(C)ccc1n2-c1ccc2c(c1)Cc1cc(C)c3ccccc3c1-2. The van der Waals surface area contributed by atoms with E-state index >= 15 is 0 Å². The zero-order valence-corrected chi connectivity index (χ0v) is 19.2. The van der Waals surface area contributed by atoms with Crippen LogP contribution in [0.1, 0.15) is 27.8 Å². The number of hydrogen-bond acceptors (Lipinski definition) is 0. The highest BCUT2D eigenvalue weighted by molar-refractivity contribution is 6.10. The predicted molar refractivity (Wildman–Crippen MR) is 141 cm³/mol. The van der Waals surface area contributed by atoms with E-state index < -0.39 is 0 Å². The molecule has 1 aliphatic carbocycles. The Morgan fingerprint density at radius 1 is 0.576 bits per heavy atom. The van der Waals surface area contributed by atoms with Crippen LogP contribution in [-0.4, -0.2) is 4.57 Å². The third-order valence-electron chi connectivity index (χ3n) is 7.41. The molecule has 0 aliphatic heterocycles. The van der Waals surface area contributed by atoms with E-state index in [1.54, 1.807) is 0 Å². The van der Waals surface area contributed by atoms with Crippen molar-refractivity contribution in [2.45, 2.75) is 27.2 Å². The Bertz CT molecular complexity index is 1700. The number of rotatable bonds is 1. The maximum absolute atomic E-state index is 2.44. The summed E-state index contributed by atoms with van der Waals surface area (Å²) in [7, 11) is 0. The van der Waals surface area contributed by atoms with Crippen LogP contribution in [0.5, 0.6) is 0 Å². The topological polar surface area (TPSA) is 4.93 Å². The van der Waals surface area contributed by atoms with E-state index in [0.717, 1.165) is 6.42 Å². The van der Waals surface area contributed by atoms with Crippen molar-refractivity contribution in [1.82, 2.24) is 4.57 Å². The van der Waals surface area contributed by atoms with Gasteiger partial charge in [-0.3, -0.25) is 0 Å². The third-order valence-corrected chi connectivity index (χ3v) is 7.41. The van der Waals surface area contributed by atoms with Gasteiger partial charge in [0.2, 0.25) is 0 Å². The standard InChI is InChI=1S/C32H25N/c1-19-8-12-30-28(14-19)29-15-20(2)9-13-31(29)33(30)24-10-11-26-22(18-24)17-23-16-21(3)25-6-4-5-7-27(25)32(23)26/h4-16,18H,17H2,1-3H3. The van der Waals surface area contributed by atoms with Crippen LogP contribution in [0.4, 0.5) is 0 Å². The Morgan fingerprint density at radius 3 is 1.94 bits per heavy atom. The fraction of sp³-hybridized carbons (Fsp3) is 0.125. The van der Waals surface area contributed by atoms with Gasteiger partial charge in [0.05, 0.1) is 11.0 Å². The van der Waals surface area contributed by atoms with Gasteiger partial charge in [-0.15, -0.1) is 0 Å². The molecule has 1 heteroatoms. The average Bonchev–Trinajstić information content (AvgIpc) is 3.33. The summed E-state index contributed by atoms with van der Waals surface area (Å²) in [6, 6.07) is 31.9. The monoisotopic (exact) mass is 423 g/mol. The summed E-state index contributed by atoms with van der Waals surface area (Å²) in [6.45, 7) is 6.59. The summed E-state index contributed by atoms with van der Waals surface area (Å²) in [5, 5.41) is 5.40. The summed E-state index contributed by atoms with van der Waals surface area (Å²) < 4.78 is 2.44. The average molecular weight is 424 g/mol. The largest absolute Gasteiger partial charge is 0.309 e. The Labute approximate surface area is 193 Å². The Kier molecular flexibility index (Phi) is 3.73. The minimum atomic E-state index is 1.000. The summed E-state index contributed by atoms with van der Waals surface area (Å²) in [5.74, 6) is 0. The Hall–Kier alpha value is -3.84. The van der Waals surface area contributed by atoms with E-state index in [1.165, 1.54) is 77.2 Å². The smallest absolute Gasteiger partial charge is 0.0541 e. The minimum Gasteiger partial charge on any atom is -0.309 e. The molecule has 0 atom stereocenters. The second-order valence-electron chi connectivity index (χ2n) is 9.67. The molecule has 6 aromatic rings. The van der Waals surface area contributed by atoms with Crippen molar-refractivity contribution in [1.29, 1.82) is 0 Å². The normalized spacial score (nSPS) is 12.6. The lowest BCUT2D eigenvalue weighted by molar-refractivity contribution is 1.16. The van der Waals surface area contributed by atoms with Gasteiger partial charge in [0.15, 0.2) is 0 Å². The molecule has 1 aliphatic rings. The predicted octanol–water partition coefficient (Wildman–Crippen LogP) is 8.43. The molecule has 1 nitrogen and oxygen atoms in total. The van der Waals surface area contributed by atoms with Gasteiger partial charge in [0, 0.05) is 16.5 Å². The first-order valence-electron chi connectivity index (χ1n) is 11.7. The number of aryl methyl sites for hydroxylation is 3. The maximum atomic E-state index is 2.44. The molecule has 0 amide bonds. The van der Waals surface area contributed by atoms with Crippen LogP contribution in [0, 0.1) is 20.8 Å². The van der Waals surface area contributed by atoms with E-state index in [9.17, 15) is 0 Å². The van der Waals surface area contributed by atoms with Crippen molar-refractivity contribution in [2.24, 2.45) is 0 Å². The highest BCUT2D eigenvalue weighted by Gasteiger charge is 2.23. The van der Waals surface area contributed by atoms with Crippen molar-refractivity contribution in [3.05, 3.63) is 113 Å². The second kappa shape index (κ2) is 6.59. The highest BCUT2D eigenvalue weighted by Crippen LogP contribution is 2.44. The molecular weight excluding hydrogens is 398 g/mol. The number of benzene rings is 5. The first kappa shape index (κ1) is 18.7. The van der Waals surface area contributed by atoms with Crippen LogP contribution in [0.2, 0.25) is 0 Å². The zero-order valence-electron chi connectivity index (χ0n) is 19.2. The maximum Gasteiger partial charge on any atom is 0.0541 e. The van der Waals surface area contributed by atoms with Crippen molar-refractivity contribution in [2.75, 3.05) is 0 Å². The van der Waals surface area contributed by atoms with Crippen molar-refractivity contribution in [3.63, 3.8) is 0 Å². The lowest BCUT2D eigenvalue weighted by Gasteiger charge is -2.12. The summed E-state index contributed by atoms with van der Waals surface area (Å²) in [4.78, 5) is 0. The minimum absolute atomic E-state index is 1.000. The molecule has 5 aromatic carbocycles. The fourth-order valence-corrected chi connectivity index (χ4v) is 5.93. The molecule has 1 aromatic heterocycles. The van der Waals surface area contributed by atoms with Gasteiger partial charge in [-0.1, -0.05) is 59.7 Å². The van der Waals surface area contributed by atoms with E-state index in [1.807, 2.05) is 0 Å². The molecule has 7 rings (SSSR count). The molecule has 0 fully saturated rings. The van der Waals surface area contributed by atoms with E-state index in [0.29, 0.717) is 0 Å². The second-order valence-corrected chi connectivity index (χ2v) is 9.67. The quantitative estimate of drug-likeness (QED) is 0.250. The lowest BCUT2D eigenvalue weighted by Crippen LogP contribution is -1.95. The summed E-state index contributed by atoms with van der Waals surface area (Å²) >= 11 is 0. The lowest BCUT2D eigenvalue weighted by atomic mass is 9.95. The van der Waals surface area contributed by atoms with Crippen molar-refractivity contribution >= 4 is 32.6 Å². The molecule has 0 N–H and O–H groups in total. The number of fused-ring (bicyclic) bond motifs is 8. The third kappa shape index (κ3) is 2.60. The molecule has 0 spiro atoms. The van der Waals surface area contributed by atoms with Gasteiger partial charge in [-0.05, 0) is 102 Å². The molecule has 0 bridgehead atoms. The molecule has 0 radical (unpaired) electrons. The van der Waals surface area contributed by atoms with Crippen molar-refractivity contribution in [3.8, 4) is 16.8 Å². The fourth-order valence-electron chi connectivity index (χ4n) is 5.93. The van der Waals surface area contributed by atoms with Gasteiger partial charge < -0.3 is 4.57 Å². The molecule has 0 saturated heterocycles. The van der Waals surface area contributed by atoms with Gasteiger partial charge in [-0.25, -0.2) is 0 Å². The molecular formula is C32H25N. The van der Waals surface area contributed by atoms with Crippen LogP contribution in [0.3, 0.4) is 0 Å². The number of aromatic nitrogens is 1. The van der Waals surface area contributed by atoms with E-state index in [2.05, 4.69) is 110 Å². The van der Waals surface area contributed by atoms with E-state index in [-0.39, 0.29) is 0 Å². The van der Waals surface area contributed by atoms with Crippen LogP contribution >= 0.6 is 0 Å². The number of nitrogens with zero attached hydrogens (tertiary/aromatic N) is 1. The molecule has 0 unspecified atom stereocenters. The van der Waals surface area contributed by atoms with Crippen LogP contribution in [-0.2, 0) is 6.42 Å². The van der Waals surface area contributed by atoms with Crippen LogP contribution in [0.15, 0.2) is 84.9 Å². The summed E-state index contributed by atoms with van der Waals surface area (Å²) in [6.07, 6.45) is 1.000. The van der Waals surface area contributed by atoms with Gasteiger partial charge >= 0.3 is 0 Å². The van der Waals surface area contributed by atoms with Gasteiger partial charge in [0.25, 0.3) is 0 Å². The van der Waals surface area contributed by atoms with Crippen LogP contribution < -0.4 is 0 Å². The van der Waals surface area contributed by atoms with Gasteiger partial charge in [0.1, 0.15) is 0 Å². The number of hydrogen-bond donors (Lipinski definition) is 0. The highest BCUT2D eigenvalue weighted by atomic mass is 15.0.